The lowest BCUT2D eigenvalue weighted by Gasteiger charge is -2.32. The second kappa shape index (κ2) is 5.75. The van der Waals surface area contributed by atoms with Crippen LogP contribution >= 0.6 is 11.8 Å². The van der Waals surface area contributed by atoms with Crippen LogP contribution in [-0.4, -0.2) is 36.7 Å². The molecule has 0 spiro atoms. The summed E-state index contributed by atoms with van der Waals surface area (Å²) in [6.07, 6.45) is 1.20. The molecule has 0 bridgehead atoms. The summed E-state index contributed by atoms with van der Waals surface area (Å²) < 4.78 is 5.09. The quantitative estimate of drug-likeness (QED) is 0.803. The zero-order valence-electron chi connectivity index (χ0n) is 10.2. The standard InChI is InChI=1S/C11H22N2OS/c1-9(8-14-4)7-12-10-13-11(2,3)5-6-15-10/h9H,5-8H2,1-4H3,(H,12,13). The van der Waals surface area contributed by atoms with Gasteiger partial charge < -0.3 is 10.1 Å². The fourth-order valence-electron chi connectivity index (χ4n) is 1.45. The van der Waals surface area contributed by atoms with E-state index in [2.05, 4.69) is 31.1 Å². The molecule has 1 heterocycles. The first-order valence-electron chi connectivity index (χ1n) is 5.48. The van der Waals surface area contributed by atoms with Crippen LogP contribution in [0, 0.1) is 5.92 Å². The number of nitrogens with one attached hydrogen (secondary N) is 1. The van der Waals surface area contributed by atoms with Crippen molar-refractivity contribution in [3.05, 3.63) is 0 Å². The summed E-state index contributed by atoms with van der Waals surface area (Å²) in [4.78, 5) is 4.59. The van der Waals surface area contributed by atoms with Gasteiger partial charge in [-0.3, -0.25) is 4.99 Å². The second-order valence-corrected chi connectivity index (χ2v) is 5.90. The molecule has 0 aromatic heterocycles. The van der Waals surface area contributed by atoms with Crippen molar-refractivity contribution in [2.24, 2.45) is 10.9 Å². The molecule has 1 unspecified atom stereocenters. The van der Waals surface area contributed by atoms with Gasteiger partial charge in [0.05, 0.1) is 6.61 Å². The van der Waals surface area contributed by atoms with Gasteiger partial charge in [-0.1, -0.05) is 18.7 Å². The lowest BCUT2D eigenvalue weighted by atomic mass is 10.0. The molecule has 0 saturated carbocycles. The van der Waals surface area contributed by atoms with E-state index < -0.39 is 0 Å². The molecule has 0 radical (unpaired) electrons. The molecule has 1 saturated heterocycles. The molecule has 1 aliphatic heterocycles. The van der Waals surface area contributed by atoms with Crippen LogP contribution in [0.15, 0.2) is 4.99 Å². The van der Waals surface area contributed by atoms with Crippen LogP contribution in [0.4, 0.5) is 0 Å². The lowest BCUT2D eigenvalue weighted by molar-refractivity contribution is 0.163. The topological polar surface area (TPSA) is 33.6 Å². The maximum absolute atomic E-state index is 5.09. The largest absolute Gasteiger partial charge is 0.384 e. The highest BCUT2D eigenvalue weighted by Gasteiger charge is 2.24. The Hall–Kier alpha value is -0.220. The predicted molar refractivity (Wildman–Crippen MR) is 67.6 cm³/mol. The first-order chi connectivity index (χ1) is 7.03. The van der Waals surface area contributed by atoms with Gasteiger partial charge in [0, 0.05) is 24.9 Å². The number of aliphatic imine (C=N–C) groups is 1. The minimum absolute atomic E-state index is 0.203. The van der Waals surface area contributed by atoms with E-state index in [1.165, 1.54) is 6.42 Å². The molecule has 0 amide bonds. The molecule has 1 rings (SSSR count). The summed E-state index contributed by atoms with van der Waals surface area (Å²) in [7, 11) is 1.74. The third kappa shape index (κ3) is 4.89. The molecule has 4 heteroatoms. The van der Waals surface area contributed by atoms with Gasteiger partial charge in [-0.05, 0) is 26.2 Å². The molecule has 1 aliphatic rings. The highest BCUT2D eigenvalue weighted by atomic mass is 32.2. The maximum atomic E-state index is 5.09. The smallest absolute Gasteiger partial charge is 0.156 e. The molecule has 0 aromatic carbocycles. The van der Waals surface area contributed by atoms with Crippen LogP contribution in [0.25, 0.3) is 0 Å². The van der Waals surface area contributed by atoms with Gasteiger partial charge >= 0.3 is 0 Å². The number of thioether (sulfide) groups is 1. The van der Waals surface area contributed by atoms with Crippen LogP contribution in [0.1, 0.15) is 27.2 Å². The Labute approximate surface area is 97.1 Å². The molecule has 1 N–H and O–H groups in total. The van der Waals surface area contributed by atoms with E-state index >= 15 is 0 Å². The van der Waals surface area contributed by atoms with Crippen molar-refractivity contribution in [2.75, 3.05) is 26.0 Å². The summed E-state index contributed by atoms with van der Waals surface area (Å²) >= 11 is 1.82. The van der Waals surface area contributed by atoms with Gasteiger partial charge in [-0.25, -0.2) is 0 Å². The van der Waals surface area contributed by atoms with Gasteiger partial charge in [0.1, 0.15) is 0 Å². The van der Waals surface area contributed by atoms with Crippen molar-refractivity contribution in [1.29, 1.82) is 0 Å². The van der Waals surface area contributed by atoms with Crippen molar-refractivity contribution in [3.8, 4) is 0 Å². The summed E-state index contributed by atoms with van der Waals surface area (Å²) in [6, 6.07) is 0. The van der Waals surface area contributed by atoms with Crippen molar-refractivity contribution in [2.45, 2.75) is 32.7 Å². The summed E-state index contributed by atoms with van der Waals surface area (Å²) in [6.45, 7) is 8.23. The van der Waals surface area contributed by atoms with E-state index in [9.17, 15) is 0 Å². The summed E-state index contributed by atoms with van der Waals surface area (Å²) in [5, 5.41) is 4.55. The predicted octanol–water partition coefficient (Wildman–Crippen LogP) is 2.13. The lowest BCUT2D eigenvalue weighted by Crippen LogP contribution is -2.46. The normalized spacial score (nSPS) is 24.9. The van der Waals surface area contributed by atoms with Gasteiger partial charge in [0.25, 0.3) is 0 Å². The Morgan fingerprint density at radius 1 is 1.60 bits per heavy atom. The molecular formula is C11H22N2OS. The molecule has 0 aliphatic carbocycles. The van der Waals surface area contributed by atoms with Crippen LogP contribution in [0.5, 0.6) is 0 Å². The molecule has 3 nitrogen and oxygen atoms in total. The Kier molecular flexibility index (Phi) is 4.93. The number of hydrogen-bond donors (Lipinski definition) is 1. The Morgan fingerprint density at radius 2 is 2.33 bits per heavy atom. The Bertz CT molecular complexity index is 229. The van der Waals surface area contributed by atoms with Gasteiger partial charge in [-0.15, -0.1) is 0 Å². The van der Waals surface area contributed by atoms with Crippen LogP contribution in [0.3, 0.4) is 0 Å². The maximum Gasteiger partial charge on any atom is 0.156 e. The summed E-state index contributed by atoms with van der Waals surface area (Å²) in [5.74, 6) is 1.66. The SMILES string of the molecule is COCC(C)CN=C1NC(C)(C)CCS1. The van der Waals surface area contributed by atoms with Crippen LogP contribution < -0.4 is 5.32 Å². The number of ether oxygens (including phenoxy) is 1. The number of rotatable bonds is 4. The van der Waals surface area contributed by atoms with Gasteiger partial charge in [0.2, 0.25) is 0 Å². The number of nitrogens with zero attached hydrogens (tertiary/aromatic N) is 1. The van der Waals surface area contributed by atoms with Crippen molar-refractivity contribution < 1.29 is 4.74 Å². The van der Waals surface area contributed by atoms with E-state index in [0.29, 0.717) is 5.92 Å². The minimum Gasteiger partial charge on any atom is -0.384 e. The minimum atomic E-state index is 0.203. The average Bonchev–Trinajstić information content (AvgIpc) is 2.14. The molecule has 1 atom stereocenters. The van der Waals surface area contributed by atoms with E-state index in [1.54, 1.807) is 7.11 Å². The molecule has 88 valence electrons. The van der Waals surface area contributed by atoms with Crippen LogP contribution in [-0.2, 0) is 4.74 Å². The average molecular weight is 230 g/mol. The Balaban J connectivity index is 2.39. The van der Waals surface area contributed by atoms with Gasteiger partial charge in [0.15, 0.2) is 5.17 Å². The first kappa shape index (κ1) is 12.8. The zero-order valence-corrected chi connectivity index (χ0v) is 11.0. The van der Waals surface area contributed by atoms with E-state index in [-0.39, 0.29) is 5.54 Å². The van der Waals surface area contributed by atoms with E-state index in [4.69, 9.17) is 4.74 Å². The zero-order chi connectivity index (χ0) is 11.3. The van der Waals surface area contributed by atoms with Crippen LogP contribution in [0.2, 0.25) is 0 Å². The molecule has 15 heavy (non-hydrogen) atoms. The first-order valence-corrected chi connectivity index (χ1v) is 6.46. The fourth-order valence-corrected chi connectivity index (χ4v) is 2.77. The Morgan fingerprint density at radius 3 is 2.93 bits per heavy atom. The number of hydrogen-bond acceptors (Lipinski definition) is 3. The molecular weight excluding hydrogens is 208 g/mol. The van der Waals surface area contributed by atoms with Gasteiger partial charge in [-0.2, -0.15) is 0 Å². The highest BCUT2D eigenvalue weighted by Crippen LogP contribution is 2.21. The molecule has 1 fully saturated rings. The fraction of sp³-hybridized carbons (Fsp3) is 0.909. The van der Waals surface area contributed by atoms with Crippen molar-refractivity contribution in [1.82, 2.24) is 5.32 Å². The highest BCUT2D eigenvalue weighted by molar-refractivity contribution is 8.13. The monoisotopic (exact) mass is 230 g/mol. The van der Waals surface area contributed by atoms with E-state index in [0.717, 1.165) is 24.1 Å². The van der Waals surface area contributed by atoms with E-state index in [1.807, 2.05) is 11.8 Å². The third-order valence-electron chi connectivity index (χ3n) is 2.41. The number of methoxy groups -OCH3 is 1. The summed E-state index contributed by atoms with van der Waals surface area (Å²) in [5.41, 5.74) is 0.203. The van der Waals surface area contributed by atoms with Crippen molar-refractivity contribution >= 4 is 16.9 Å². The molecule has 0 aromatic rings. The third-order valence-corrected chi connectivity index (χ3v) is 3.32. The number of amidine groups is 1. The second-order valence-electron chi connectivity index (χ2n) is 4.81. The van der Waals surface area contributed by atoms with Crippen molar-refractivity contribution in [3.63, 3.8) is 0 Å².